The highest BCUT2D eigenvalue weighted by molar-refractivity contribution is 7.90. The van der Waals surface area contributed by atoms with Crippen LogP contribution in [0.3, 0.4) is 0 Å². The van der Waals surface area contributed by atoms with Gasteiger partial charge in [0.25, 0.3) is 0 Å². The van der Waals surface area contributed by atoms with Crippen molar-refractivity contribution in [2.24, 2.45) is 0 Å². The van der Waals surface area contributed by atoms with Crippen LogP contribution in [0.15, 0.2) is 36.4 Å². The van der Waals surface area contributed by atoms with Crippen molar-refractivity contribution in [2.75, 3.05) is 24.9 Å². The number of benzene rings is 2. The molecule has 0 saturated heterocycles. The van der Waals surface area contributed by atoms with Crippen molar-refractivity contribution < 1.29 is 18.0 Å². The fourth-order valence-corrected chi connectivity index (χ4v) is 6.33. The van der Waals surface area contributed by atoms with E-state index in [2.05, 4.69) is 5.32 Å². The van der Waals surface area contributed by atoms with Crippen LogP contribution >= 0.6 is 23.2 Å². The highest BCUT2D eigenvalue weighted by atomic mass is 35.5. The van der Waals surface area contributed by atoms with Crippen LogP contribution in [0, 0.1) is 13.8 Å². The van der Waals surface area contributed by atoms with E-state index in [0.29, 0.717) is 26.9 Å². The van der Waals surface area contributed by atoms with Crippen LogP contribution in [0.2, 0.25) is 10.0 Å². The van der Waals surface area contributed by atoms with Crippen molar-refractivity contribution in [3.8, 4) is 0 Å². The second-order valence-corrected chi connectivity index (χ2v) is 13.2. The van der Waals surface area contributed by atoms with Gasteiger partial charge in [0.1, 0.15) is 12.6 Å². The number of nitrogens with one attached hydrogen (secondary N) is 1. The third-order valence-electron chi connectivity index (χ3n) is 7.16. The van der Waals surface area contributed by atoms with E-state index >= 15 is 0 Å². The van der Waals surface area contributed by atoms with Crippen LogP contribution in [0.1, 0.15) is 55.7 Å². The van der Waals surface area contributed by atoms with E-state index in [1.807, 2.05) is 19.1 Å². The summed E-state index contributed by atoms with van der Waals surface area (Å²) in [6, 6.07) is 9.61. The van der Waals surface area contributed by atoms with Crippen LogP contribution in [0.4, 0.5) is 5.69 Å². The zero-order chi connectivity index (χ0) is 28.9. The van der Waals surface area contributed by atoms with Crippen molar-refractivity contribution in [1.82, 2.24) is 14.5 Å². The molecule has 0 spiro atoms. The van der Waals surface area contributed by atoms with Crippen LogP contribution in [0.5, 0.6) is 0 Å². The number of anilines is 1. The summed E-state index contributed by atoms with van der Waals surface area (Å²) in [6.07, 6.45) is 5.02. The minimum absolute atomic E-state index is 0.0510. The summed E-state index contributed by atoms with van der Waals surface area (Å²) in [5.74, 6) is -0.851. The van der Waals surface area contributed by atoms with E-state index in [9.17, 15) is 18.0 Å². The fraction of sp³-hybridized carbons (Fsp3) is 0.500. The molecule has 1 atom stereocenters. The molecule has 0 unspecified atom stereocenters. The number of halogens is 2. The molecular formula is C28H38Cl2N4O4S. The zero-order valence-corrected chi connectivity index (χ0v) is 25.5. The Morgan fingerprint density at radius 3 is 2.23 bits per heavy atom. The van der Waals surface area contributed by atoms with Gasteiger partial charge in [0.05, 0.1) is 5.69 Å². The number of carbonyl (C=O) groups excluding carboxylic acids is 2. The number of aryl methyl sites for hydroxylation is 2. The lowest BCUT2D eigenvalue weighted by molar-refractivity contribution is -0.139. The van der Waals surface area contributed by atoms with Gasteiger partial charge in [-0.2, -0.15) is 12.7 Å². The van der Waals surface area contributed by atoms with Crippen LogP contribution < -0.4 is 9.62 Å². The number of carbonyl (C=O) groups is 2. The standard InChI is InChI=1S/C28H38Cl2N4O4S/c1-19-14-15-20(2)26(16-19)34(39(37,38)32(4)5)18-27(35)33(17-23-24(29)12-9-13-25(23)30)21(3)28(36)31-22-10-7-6-8-11-22/h9,12-16,21-22H,6-8,10-11,17-18H2,1-5H3,(H,31,36)/t21-/m0/s1. The quantitative estimate of drug-likeness (QED) is 0.413. The fourth-order valence-electron chi connectivity index (χ4n) is 4.70. The second kappa shape index (κ2) is 13.4. The summed E-state index contributed by atoms with van der Waals surface area (Å²) in [7, 11) is -1.22. The summed E-state index contributed by atoms with van der Waals surface area (Å²) in [5.41, 5.74) is 2.43. The van der Waals surface area contributed by atoms with Crippen LogP contribution in [-0.2, 0) is 26.3 Å². The third-order valence-corrected chi connectivity index (χ3v) is 9.68. The van der Waals surface area contributed by atoms with Gasteiger partial charge in [0, 0.05) is 42.3 Å². The molecule has 0 aliphatic heterocycles. The van der Waals surface area contributed by atoms with E-state index < -0.39 is 28.7 Å². The lowest BCUT2D eigenvalue weighted by Gasteiger charge is -2.34. The molecule has 0 radical (unpaired) electrons. The molecule has 11 heteroatoms. The number of nitrogens with zero attached hydrogens (tertiary/aromatic N) is 3. The van der Waals surface area contributed by atoms with E-state index in [4.69, 9.17) is 23.2 Å². The Morgan fingerprint density at radius 1 is 1.03 bits per heavy atom. The topological polar surface area (TPSA) is 90.0 Å². The number of rotatable bonds is 10. The predicted molar refractivity (Wildman–Crippen MR) is 157 cm³/mol. The van der Waals surface area contributed by atoms with Crippen molar-refractivity contribution in [3.63, 3.8) is 0 Å². The maximum Gasteiger partial charge on any atom is 0.304 e. The van der Waals surface area contributed by atoms with Gasteiger partial charge in [0.2, 0.25) is 11.8 Å². The first-order valence-corrected chi connectivity index (χ1v) is 15.3. The molecule has 1 fully saturated rings. The predicted octanol–water partition coefficient (Wildman–Crippen LogP) is 5.09. The Morgan fingerprint density at radius 2 is 1.64 bits per heavy atom. The monoisotopic (exact) mass is 596 g/mol. The first kappa shape index (κ1) is 31.2. The summed E-state index contributed by atoms with van der Waals surface area (Å²) in [6.45, 7) is 4.73. The van der Waals surface area contributed by atoms with Gasteiger partial charge >= 0.3 is 10.2 Å². The molecule has 0 heterocycles. The molecule has 2 amide bonds. The van der Waals surface area contributed by atoms with Gasteiger partial charge in [-0.25, -0.2) is 4.31 Å². The van der Waals surface area contributed by atoms with Gasteiger partial charge in [-0.1, -0.05) is 60.7 Å². The zero-order valence-electron chi connectivity index (χ0n) is 23.2. The Hall–Kier alpha value is -2.33. The van der Waals surface area contributed by atoms with E-state index in [1.54, 1.807) is 38.1 Å². The minimum Gasteiger partial charge on any atom is -0.352 e. The largest absolute Gasteiger partial charge is 0.352 e. The molecule has 1 saturated carbocycles. The molecule has 2 aromatic carbocycles. The molecule has 2 aromatic rings. The van der Waals surface area contributed by atoms with Crippen molar-refractivity contribution in [1.29, 1.82) is 0 Å². The summed E-state index contributed by atoms with van der Waals surface area (Å²) in [5, 5.41) is 3.79. The molecule has 0 aromatic heterocycles. The van der Waals surface area contributed by atoms with E-state index in [-0.39, 0.29) is 18.5 Å². The SMILES string of the molecule is Cc1ccc(C)c(N(CC(=O)N(Cc2c(Cl)cccc2Cl)[C@@H](C)C(=O)NC2CCCCC2)S(=O)(=O)N(C)C)c1. The molecule has 3 rings (SSSR count). The van der Waals surface area contributed by atoms with E-state index in [1.165, 1.54) is 19.0 Å². The first-order chi connectivity index (χ1) is 18.3. The molecule has 1 aliphatic rings. The van der Waals surface area contributed by atoms with Gasteiger partial charge in [-0.05, 0) is 62.9 Å². The highest BCUT2D eigenvalue weighted by Crippen LogP contribution is 2.29. The first-order valence-electron chi connectivity index (χ1n) is 13.1. The van der Waals surface area contributed by atoms with Crippen LogP contribution in [-0.4, -0.2) is 62.2 Å². The smallest absolute Gasteiger partial charge is 0.304 e. The maximum atomic E-state index is 14.0. The van der Waals surface area contributed by atoms with E-state index in [0.717, 1.165) is 46.3 Å². The van der Waals surface area contributed by atoms with Gasteiger partial charge < -0.3 is 10.2 Å². The lowest BCUT2D eigenvalue weighted by Crippen LogP contribution is -2.53. The average Bonchev–Trinajstić information content (AvgIpc) is 2.88. The summed E-state index contributed by atoms with van der Waals surface area (Å²) < 4.78 is 29.0. The summed E-state index contributed by atoms with van der Waals surface area (Å²) >= 11 is 12.9. The number of amides is 2. The van der Waals surface area contributed by atoms with Crippen molar-refractivity contribution >= 4 is 50.9 Å². The molecule has 1 aliphatic carbocycles. The van der Waals surface area contributed by atoms with Gasteiger partial charge in [0.15, 0.2) is 0 Å². The molecular weight excluding hydrogens is 559 g/mol. The Bertz CT molecular complexity index is 1280. The molecule has 0 bridgehead atoms. The molecule has 214 valence electrons. The Balaban J connectivity index is 2.00. The average molecular weight is 598 g/mol. The molecule has 39 heavy (non-hydrogen) atoms. The normalized spacial score (nSPS) is 15.2. The molecule has 8 nitrogen and oxygen atoms in total. The Labute approximate surface area is 242 Å². The number of hydrogen-bond donors (Lipinski definition) is 1. The molecule has 1 N–H and O–H groups in total. The van der Waals surface area contributed by atoms with Gasteiger partial charge in [-0.3, -0.25) is 9.59 Å². The number of hydrogen-bond acceptors (Lipinski definition) is 4. The third kappa shape index (κ3) is 7.66. The van der Waals surface area contributed by atoms with Crippen molar-refractivity contribution in [3.05, 3.63) is 63.1 Å². The Kier molecular flexibility index (Phi) is 10.7. The maximum absolute atomic E-state index is 14.0. The van der Waals surface area contributed by atoms with Crippen molar-refractivity contribution in [2.45, 2.75) is 71.5 Å². The second-order valence-electron chi connectivity index (χ2n) is 10.3. The minimum atomic E-state index is -4.05. The van der Waals surface area contributed by atoms with Gasteiger partial charge in [-0.15, -0.1) is 0 Å². The lowest BCUT2D eigenvalue weighted by atomic mass is 9.95. The van der Waals surface area contributed by atoms with Crippen LogP contribution in [0.25, 0.3) is 0 Å². The summed E-state index contributed by atoms with van der Waals surface area (Å²) in [4.78, 5) is 28.7. The highest BCUT2D eigenvalue weighted by Gasteiger charge is 2.34.